The molecule has 0 atom stereocenters. The molecule has 1 saturated carbocycles. The molecule has 1 aliphatic rings. The van der Waals surface area contributed by atoms with Crippen molar-refractivity contribution in [2.24, 2.45) is 0 Å². The highest BCUT2D eigenvalue weighted by atomic mass is 35.5. The lowest BCUT2D eigenvalue weighted by Gasteiger charge is -2.20. The van der Waals surface area contributed by atoms with Gasteiger partial charge in [-0.15, -0.1) is 0 Å². The highest BCUT2D eigenvalue weighted by Crippen LogP contribution is 2.29. The maximum absolute atomic E-state index is 13.0. The van der Waals surface area contributed by atoms with Crippen LogP contribution in [0.25, 0.3) is 5.69 Å². The Hall–Kier alpha value is -2.86. The summed E-state index contributed by atoms with van der Waals surface area (Å²) in [5.41, 5.74) is 1.16. The van der Waals surface area contributed by atoms with Crippen LogP contribution in [0.5, 0.6) is 0 Å². The Labute approximate surface area is 154 Å². The molecule has 0 spiro atoms. The van der Waals surface area contributed by atoms with E-state index >= 15 is 0 Å². The summed E-state index contributed by atoms with van der Waals surface area (Å²) >= 11 is 6.02. The SMILES string of the molecule is O=C(c1cccc(Cl)c1)N(Cc1c(=O)o[nH][n+]1-c1ccccc1)C1CC1. The predicted octanol–water partition coefficient (Wildman–Crippen LogP) is 2.70. The average Bonchev–Trinajstić information content (AvgIpc) is 3.43. The summed E-state index contributed by atoms with van der Waals surface area (Å²) in [5.74, 6) is -0.143. The molecule has 7 heteroatoms. The van der Waals surface area contributed by atoms with Crippen molar-refractivity contribution in [2.45, 2.75) is 25.4 Å². The molecule has 0 aliphatic heterocycles. The number of carbonyl (C=O) groups is 1. The van der Waals surface area contributed by atoms with Crippen molar-refractivity contribution < 1.29 is 14.0 Å². The van der Waals surface area contributed by atoms with E-state index in [0.717, 1.165) is 18.5 Å². The van der Waals surface area contributed by atoms with Gasteiger partial charge in [0.2, 0.25) is 5.69 Å². The number of carbonyl (C=O) groups excluding carboxylic acids is 1. The van der Waals surface area contributed by atoms with Gasteiger partial charge in [0.1, 0.15) is 6.54 Å². The summed E-state index contributed by atoms with van der Waals surface area (Å²) < 4.78 is 6.55. The number of hydrogen-bond acceptors (Lipinski definition) is 3. The van der Waals surface area contributed by atoms with E-state index in [1.165, 1.54) is 0 Å². The first kappa shape index (κ1) is 16.6. The zero-order valence-corrected chi connectivity index (χ0v) is 14.6. The van der Waals surface area contributed by atoms with Gasteiger partial charge < -0.3 is 4.90 Å². The first-order valence-electron chi connectivity index (χ1n) is 8.38. The Morgan fingerprint density at radius 1 is 1.19 bits per heavy atom. The van der Waals surface area contributed by atoms with E-state index in [0.29, 0.717) is 16.3 Å². The minimum Gasteiger partial charge on any atom is -0.325 e. The number of H-pyrrole nitrogens is 1. The third-order valence-corrected chi connectivity index (χ3v) is 4.62. The van der Waals surface area contributed by atoms with Gasteiger partial charge in [-0.1, -0.05) is 35.9 Å². The average molecular weight is 371 g/mol. The van der Waals surface area contributed by atoms with Gasteiger partial charge in [-0.25, -0.2) is 4.79 Å². The standard InChI is InChI=1S/C19H16ClN3O3/c20-14-6-4-5-13(11-14)18(24)22(15-9-10-15)12-17-19(25)26-21-23(17)16-7-2-1-3-8-16/h1-8,11,15H,9-10,12H2/p+1. The van der Waals surface area contributed by atoms with Gasteiger partial charge in [-0.2, -0.15) is 0 Å². The Kier molecular flexibility index (Phi) is 4.34. The highest BCUT2D eigenvalue weighted by Gasteiger charge is 2.37. The Morgan fingerprint density at radius 2 is 1.96 bits per heavy atom. The molecular formula is C19H17ClN3O3+. The summed E-state index contributed by atoms with van der Waals surface area (Å²) in [6.07, 6.45) is 1.85. The fraction of sp³-hybridized carbons (Fsp3) is 0.211. The molecule has 1 amide bonds. The van der Waals surface area contributed by atoms with Crippen LogP contribution in [0.3, 0.4) is 0 Å². The molecule has 1 aliphatic carbocycles. The van der Waals surface area contributed by atoms with Crippen LogP contribution in [0.1, 0.15) is 28.9 Å². The van der Waals surface area contributed by atoms with Gasteiger partial charge in [-0.3, -0.25) is 9.32 Å². The smallest absolute Gasteiger partial charge is 0.325 e. The number of nitrogens with zero attached hydrogens (tertiary/aromatic N) is 2. The molecule has 0 bridgehead atoms. The molecule has 3 aromatic rings. The van der Waals surface area contributed by atoms with E-state index in [9.17, 15) is 9.59 Å². The molecule has 1 fully saturated rings. The molecule has 6 nitrogen and oxygen atoms in total. The molecular weight excluding hydrogens is 354 g/mol. The van der Waals surface area contributed by atoms with Gasteiger partial charge >= 0.3 is 11.3 Å². The van der Waals surface area contributed by atoms with Crippen molar-refractivity contribution in [1.82, 2.24) is 10.2 Å². The van der Waals surface area contributed by atoms with E-state index in [2.05, 4.69) is 5.27 Å². The zero-order chi connectivity index (χ0) is 18.1. The van der Waals surface area contributed by atoms with Crippen molar-refractivity contribution >= 4 is 17.5 Å². The van der Waals surface area contributed by atoms with Crippen molar-refractivity contribution in [3.05, 3.63) is 81.3 Å². The zero-order valence-electron chi connectivity index (χ0n) is 13.9. The molecule has 1 heterocycles. The first-order chi connectivity index (χ1) is 12.6. The van der Waals surface area contributed by atoms with Crippen molar-refractivity contribution in [3.63, 3.8) is 0 Å². The van der Waals surface area contributed by atoms with Crippen LogP contribution < -0.4 is 10.3 Å². The summed E-state index contributed by atoms with van der Waals surface area (Å²) in [4.78, 5) is 26.9. The summed E-state index contributed by atoms with van der Waals surface area (Å²) in [7, 11) is 0. The van der Waals surface area contributed by atoms with Crippen LogP contribution >= 0.6 is 11.6 Å². The van der Waals surface area contributed by atoms with Crippen LogP contribution in [0.2, 0.25) is 5.02 Å². The Bertz CT molecular complexity index is 993. The van der Waals surface area contributed by atoms with Crippen LogP contribution in [-0.2, 0) is 6.54 Å². The van der Waals surface area contributed by atoms with E-state index in [1.54, 1.807) is 33.8 Å². The number of para-hydroxylation sites is 1. The van der Waals surface area contributed by atoms with Gasteiger partial charge in [0.25, 0.3) is 5.91 Å². The van der Waals surface area contributed by atoms with Gasteiger partial charge in [0.15, 0.2) is 0 Å². The third-order valence-electron chi connectivity index (χ3n) is 4.39. The lowest BCUT2D eigenvalue weighted by molar-refractivity contribution is -0.678. The molecule has 4 rings (SSSR count). The molecule has 1 N–H and O–H groups in total. The fourth-order valence-corrected chi connectivity index (χ4v) is 3.11. The van der Waals surface area contributed by atoms with Crippen molar-refractivity contribution in [3.8, 4) is 5.69 Å². The van der Waals surface area contributed by atoms with Gasteiger partial charge in [0.05, 0.1) is 0 Å². The number of halogens is 1. The molecule has 1 aromatic heterocycles. The number of aromatic amines is 1. The second kappa shape index (κ2) is 6.80. The lowest BCUT2D eigenvalue weighted by atomic mass is 10.2. The summed E-state index contributed by atoms with van der Waals surface area (Å²) in [6.45, 7) is 0.163. The minimum atomic E-state index is -0.488. The number of nitrogens with one attached hydrogen (secondary N) is 1. The second-order valence-corrected chi connectivity index (χ2v) is 6.71. The van der Waals surface area contributed by atoms with Crippen molar-refractivity contribution in [1.29, 1.82) is 0 Å². The summed E-state index contributed by atoms with van der Waals surface area (Å²) in [5, 5.41) is 3.12. The lowest BCUT2D eigenvalue weighted by Crippen LogP contribution is -2.43. The minimum absolute atomic E-state index is 0.125. The van der Waals surface area contributed by atoms with Crippen LogP contribution in [0.15, 0.2) is 63.9 Å². The largest absolute Gasteiger partial charge is 0.432 e. The molecule has 0 unspecified atom stereocenters. The Balaban J connectivity index is 1.68. The third kappa shape index (κ3) is 3.28. The van der Waals surface area contributed by atoms with Crippen LogP contribution in [0.4, 0.5) is 0 Å². The molecule has 26 heavy (non-hydrogen) atoms. The molecule has 0 radical (unpaired) electrons. The van der Waals surface area contributed by atoms with Crippen molar-refractivity contribution in [2.75, 3.05) is 0 Å². The van der Waals surface area contributed by atoms with E-state index < -0.39 is 5.63 Å². The quantitative estimate of drug-likeness (QED) is 0.702. The van der Waals surface area contributed by atoms with E-state index in [1.807, 2.05) is 30.3 Å². The number of aromatic nitrogens is 2. The van der Waals surface area contributed by atoms with E-state index in [4.69, 9.17) is 16.1 Å². The maximum Gasteiger partial charge on any atom is 0.432 e. The normalized spacial score (nSPS) is 13.6. The first-order valence-corrected chi connectivity index (χ1v) is 8.75. The van der Waals surface area contributed by atoms with E-state index in [-0.39, 0.29) is 18.5 Å². The van der Waals surface area contributed by atoms with Gasteiger partial charge in [0, 0.05) is 28.8 Å². The van der Waals surface area contributed by atoms with Gasteiger partial charge in [-0.05, 0) is 41.0 Å². The number of rotatable bonds is 5. The van der Waals surface area contributed by atoms with Crippen LogP contribution in [-0.4, -0.2) is 22.1 Å². The topological polar surface area (TPSA) is 70.2 Å². The predicted molar refractivity (Wildman–Crippen MR) is 95.2 cm³/mol. The number of benzene rings is 2. The number of amides is 1. The maximum atomic E-state index is 13.0. The Morgan fingerprint density at radius 3 is 2.65 bits per heavy atom. The second-order valence-electron chi connectivity index (χ2n) is 6.27. The van der Waals surface area contributed by atoms with Crippen LogP contribution in [0, 0.1) is 0 Å². The molecule has 0 saturated heterocycles. The monoisotopic (exact) mass is 370 g/mol. The molecule has 132 valence electrons. The molecule has 2 aromatic carbocycles. The highest BCUT2D eigenvalue weighted by molar-refractivity contribution is 6.30. The summed E-state index contributed by atoms with van der Waals surface area (Å²) in [6, 6.07) is 16.3. The fourth-order valence-electron chi connectivity index (χ4n) is 2.91. The number of hydrogen-bond donors (Lipinski definition) is 1.